The van der Waals surface area contributed by atoms with E-state index in [4.69, 9.17) is 4.74 Å². The third-order valence-electron chi connectivity index (χ3n) is 4.70. The van der Waals surface area contributed by atoms with Gasteiger partial charge in [0.2, 0.25) is 0 Å². The van der Waals surface area contributed by atoms with Gasteiger partial charge in [-0.15, -0.1) is 0 Å². The number of pyridine rings is 1. The lowest BCUT2D eigenvalue weighted by Gasteiger charge is -2.21. The van der Waals surface area contributed by atoms with Crippen molar-refractivity contribution in [2.24, 2.45) is 0 Å². The van der Waals surface area contributed by atoms with E-state index < -0.39 is 23.6 Å². The van der Waals surface area contributed by atoms with Crippen molar-refractivity contribution in [3.05, 3.63) is 118 Å². The third kappa shape index (κ3) is 5.70. The quantitative estimate of drug-likeness (QED) is 0.285. The summed E-state index contributed by atoms with van der Waals surface area (Å²) in [6, 6.07) is 19.5. The molecule has 0 N–H and O–H groups in total. The van der Waals surface area contributed by atoms with Crippen molar-refractivity contribution in [1.29, 1.82) is 0 Å². The van der Waals surface area contributed by atoms with Crippen LogP contribution < -0.4 is 0 Å². The number of halogens is 2. The van der Waals surface area contributed by atoms with Gasteiger partial charge in [0.05, 0.1) is 10.5 Å². The van der Waals surface area contributed by atoms with Crippen molar-refractivity contribution >= 4 is 17.3 Å². The molecule has 0 amide bonds. The van der Waals surface area contributed by atoms with Crippen molar-refractivity contribution in [3.8, 4) is 0 Å². The van der Waals surface area contributed by atoms with Gasteiger partial charge in [0.15, 0.2) is 0 Å². The zero-order valence-corrected chi connectivity index (χ0v) is 17.4. The van der Waals surface area contributed by atoms with Gasteiger partial charge in [0.25, 0.3) is 5.92 Å². The highest BCUT2D eigenvalue weighted by atomic mass is 19.3. The van der Waals surface area contributed by atoms with Crippen LogP contribution in [0.25, 0.3) is 11.6 Å². The summed E-state index contributed by atoms with van der Waals surface area (Å²) in [6.07, 6.45) is 2.29. The molecule has 0 saturated heterocycles. The van der Waals surface area contributed by atoms with Gasteiger partial charge in [-0.3, -0.25) is 10.1 Å². The predicted octanol–water partition coefficient (Wildman–Crippen LogP) is 6.48. The largest absolute Gasteiger partial charge is 0.362 e. The molecule has 0 spiro atoms. The minimum atomic E-state index is -3.36. The number of benzene rings is 2. The molecule has 0 atom stereocenters. The van der Waals surface area contributed by atoms with Gasteiger partial charge in [-0.05, 0) is 41.8 Å². The minimum Gasteiger partial charge on any atom is -0.362 e. The molecule has 0 aliphatic rings. The number of aromatic nitrogens is 1. The summed E-state index contributed by atoms with van der Waals surface area (Å²) in [5.41, 5.74) is 1.58. The van der Waals surface area contributed by atoms with Gasteiger partial charge in [-0.2, -0.15) is 8.78 Å². The Balaban J connectivity index is 1.83. The molecular formula is C25H22F2N2O3. The van der Waals surface area contributed by atoms with Crippen LogP contribution >= 0.6 is 0 Å². The average Bonchev–Trinajstić information content (AvgIpc) is 2.79. The molecule has 32 heavy (non-hydrogen) atoms. The monoisotopic (exact) mass is 436 g/mol. The van der Waals surface area contributed by atoms with Crippen molar-refractivity contribution < 1.29 is 18.4 Å². The van der Waals surface area contributed by atoms with Crippen LogP contribution in [-0.2, 0) is 4.74 Å². The molecule has 0 saturated carbocycles. The highest BCUT2D eigenvalue weighted by molar-refractivity contribution is 5.73. The molecule has 5 nitrogen and oxygen atoms in total. The zero-order chi connectivity index (χ0) is 23.1. The number of rotatable bonds is 9. The first-order chi connectivity index (χ1) is 15.3. The van der Waals surface area contributed by atoms with Gasteiger partial charge in [-0.1, -0.05) is 67.2 Å². The van der Waals surface area contributed by atoms with Crippen LogP contribution in [0.5, 0.6) is 0 Å². The Morgan fingerprint density at radius 1 is 1.12 bits per heavy atom. The van der Waals surface area contributed by atoms with Gasteiger partial charge in [-0.25, -0.2) is 4.98 Å². The average molecular weight is 436 g/mol. The van der Waals surface area contributed by atoms with Crippen LogP contribution in [-0.4, -0.2) is 22.4 Å². The fourth-order valence-electron chi connectivity index (χ4n) is 3.20. The van der Waals surface area contributed by atoms with E-state index >= 15 is 0 Å². The molecule has 0 radical (unpaired) electrons. The first-order valence-electron chi connectivity index (χ1n) is 9.86. The zero-order valence-electron chi connectivity index (χ0n) is 17.4. The number of ether oxygens (including phenoxy) is 1. The van der Waals surface area contributed by atoms with Crippen LogP contribution in [0.3, 0.4) is 0 Å². The highest BCUT2D eigenvalue weighted by Gasteiger charge is 2.29. The summed E-state index contributed by atoms with van der Waals surface area (Å²) < 4.78 is 35.0. The molecule has 164 valence electrons. The van der Waals surface area contributed by atoms with Crippen LogP contribution in [0.15, 0.2) is 85.6 Å². The van der Waals surface area contributed by atoms with E-state index in [0.717, 1.165) is 17.2 Å². The van der Waals surface area contributed by atoms with E-state index in [-0.39, 0.29) is 16.9 Å². The van der Waals surface area contributed by atoms with E-state index in [1.807, 2.05) is 60.7 Å². The molecule has 0 bridgehead atoms. The second kappa shape index (κ2) is 10.1. The predicted molar refractivity (Wildman–Crippen MR) is 120 cm³/mol. The van der Waals surface area contributed by atoms with Crippen LogP contribution in [0.4, 0.5) is 14.5 Å². The maximum absolute atomic E-state index is 14.7. The summed E-state index contributed by atoms with van der Waals surface area (Å²) in [7, 11) is 0. The number of nitro groups is 1. The normalized spacial score (nSPS) is 11.8. The molecule has 0 fully saturated rings. The van der Waals surface area contributed by atoms with Crippen molar-refractivity contribution in [3.63, 3.8) is 0 Å². The van der Waals surface area contributed by atoms with Crippen LogP contribution in [0, 0.1) is 10.1 Å². The summed E-state index contributed by atoms with van der Waals surface area (Å²) in [5.74, 6) is -3.36. The Labute approximate surface area is 184 Å². The van der Waals surface area contributed by atoms with Crippen molar-refractivity contribution in [1.82, 2.24) is 4.98 Å². The molecule has 7 heteroatoms. The standard InChI is InChI=1S/C25H22F2N2O3/c1-18(2)22-23(29(30)31)19(14-16-28-22)13-15-25(26,27)17-32-24(20-9-5-3-6-10-20)21-11-7-4-8-12-21/h3-16,24H,1,17H2,2H3. The molecule has 1 aromatic heterocycles. The summed E-state index contributed by atoms with van der Waals surface area (Å²) >= 11 is 0. The lowest BCUT2D eigenvalue weighted by atomic mass is 10.0. The topological polar surface area (TPSA) is 65.3 Å². The highest BCUT2D eigenvalue weighted by Crippen LogP contribution is 2.31. The van der Waals surface area contributed by atoms with E-state index in [1.54, 1.807) is 6.92 Å². The van der Waals surface area contributed by atoms with E-state index in [1.165, 1.54) is 12.3 Å². The number of nitrogens with zero attached hydrogens (tertiary/aromatic N) is 2. The lowest BCUT2D eigenvalue weighted by molar-refractivity contribution is -0.385. The Bertz CT molecular complexity index is 1080. The summed E-state index contributed by atoms with van der Waals surface area (Å²) in [4.78, 5) is 14.8. The molecule has 0 aliphatic heterocycles. The van der Waals surface area contributed by atoms with E-state index in [2.05, 4.69) is 11.6 Å². The lowest BCUT2D eigenvalue weighted by Crippen LogP contribution is -2.23. The second-order valence-electron chi connectivity index (χ2n) is 7.24. The van der Waals surface area contributed by atoms with Gasteiger partial charge in [0, 0.05) is 6.20 Å². The van der Waals surface area contributed by atoms with Gasteiger partial charge >= 0.3 is 5.69 Å². The summed E-state index contributed by atoms with van der Waals surface area (Å²) in [6.45, 7) is 4.34. The first-order valence-corrected chi connectivity index (χ1v) is 9.86. The molecule has 3 aromatic rings. The van der Waals surface area contributed by atoms with E-state index in [9.17, 15) is 18.9 Å². The summed E-state index contributed by atoms with van der Waals surface area (Å²) in [5, 5.41) is 11.5. The molecule has 2 aromatic carbocycles. The fraction of sp³-hybridized carbons (Fsp3) is 0.160. The van der Waals surface area contributed by atoms with Gasteiger partial charge in [0.1, 0.15) is 18.4 Å². The SMILES string of the molecule is C=C(C)c1nccc(C=CC(F)(F)COC(c2ccccc2)c2ccccc2)c1[N+](=O)[O-]. The first kappa shape index (κ1) is 23.0. The molecule has 1 heterocycles. The Morgan fingerprint density at radius 2 is 1.69 bits per heavy atom. The Hall–Kier alpha value is -3.71. The van der Waals surface area contributed by atoms with Crippen molar-refractivity contribution in [2.75, 3.05) is 6.61 Å². The molecule has 3 rings (SSSR count). The third-order valence-corrected chi connectivity index (χ3v) is 4.70. The number of hydrogen-bond donors (Lipinski definition) is 0. The number of hydrogen-bond acceptors (Lipinski definition) is 4. The second-order valence-corrected chi connectivity index (χ2v) is 7.24. The molecule has 0 unspecified atom stereocenters. The maximum atomic E-state index is 14.7. The van der Waals surface area contributed by atoms with Crippen molar-refractivity contribution in [2.45, 2.75) is 19.0 Å². The van der Waals surface area contributed by atoms with Crippen LogP contribution in [0.1, 0.15) is 35.4 Å². The number of alkyl halides is 2. The van der Waals surface area contributed by atoms with E-state index in [0.29, 0.717) is 11.6 Å². The Kier molecular flexibility index (Phi) is 7.22. The smallest absolute Gasteiger partial charge is 0.302 e. The molecular weight excluding hydrogens is 414 g/mol. The number of allylic oxidation sites excluding steroid dienone is 1. The van der Waals surface area contributed by atoms with Crippen LogP contribution in [0.2, 0.25) is 0 Å². The van der Waals surface area contributed by atoms with Gasteiger partial charge < -0.3 is 4.74 Å². The fourth-order valence-corrected chi connectivity index (χ4v) is 3.20. The maximum Gasteiger partial charge on any atom is 0.302 e. The minimum absolute atomic E-state index is 0.0188. The Morgan fingerprint density at radius 3 is 2.19 bits per heavy atom. The molecule has 0 aliphatic carbocycles.